The maximum absolute atomic E-state index is 2.30. The molecule has 0 saturated carbocycles. The molecule has 4 aromatic rings. The van der Waals surface area contributed by atoms with Crippen LogP contribution in [0.2, 0.25) is 0 Å². The number of hydrogen-bond donors (Lipinski definition) is 0. The Kier molecular flexibility index (Phi) is 2.25. The van der Waals surface area contributed by atoms with Crippen molar-refractivity contribution in [3.05, 3.63) is 60.0 Å². The molecule has 0 N–H and O–H groups in total. The lowest BCUT2D eigenvalue weighted by Gasteiger charge is -1.96. The highest BCUT2D eigenvalue weighted by Gasteiger charge is 2.05. The number of rotatable bonds is 1. The highest BCUT2D eigenvalue weighted by molar-refractivity contribution is 7.22. The monoisotopic (exact) mass is 266 g/mol. The van der Waals surface area contributed by atoms with Gasteiger partial charge in [-0.25, -0.2) is 0 Å². The van der Waals surface area contributed by atoms with E-state index in [1.165, 1.54) is 30.6 Å². The van der Waals surface area contributed by atoms with Gasteiger partial charge in [0.25, 0.3) is 0 Å². The summed E-state index contributed by atoms with van der Waals surface area (Å²) in [5, 5.41) is 4.83. The van der Waals surface area contributed by atoms with Crippen molar-refractivity contribution in [1.29, 1.82) is 0 Å². The Morgan fingerprint density at radius 3 is 2.61 bits per heavy atom. The standard InChI is InChI=1S/C16H10S2/c1-2-4-14-12(3-1)10-16(18-14)13-6-5-11-7-8-17-15(11)9-13/h1-10H. The van der Waals surface area contributed by atoms with Crippen LogP contribution in [0.15, 0.2) is 60.0 Å². The molecule has 2 heterocycles. The molecule has 0 aliphatic rings. The molecule has 18 heavy (non-hydrogen) atoms. The fourth-order valence-electron chi connectivity index (χ4n) is 2.23. The van der Waals surface area contributed by atoms with Gasteiger partial charge in [0.1, 0.15) is 0 Å². The quantitative estimate of drug-likeness (QED) is 0.409. The number of hydrogen-bond acceptors (Lipinski definition) is 2. The SMILES string of the molecule is c1ccc2sc(-c3ccc4ccsc4c3)cc2c1. The van der Waals surface area contributed by atoms with Crippen molar-refractivity contribution < 1.29 is 0 Å². The zero-order chi connectivity index (χ0) is 11.9. The molecule has 2 aromatic carbocycles. The molecule has 0 spiro atoms. The summed E-state index contributed by atoms with van der Waals surface area (Å²) in [5.74, 6) is 0. The first-order chi connectivity index (χ1) is 8.90. The van der Waals surface area contributed by atoms with Gasteiger partial charge in [-0.1, -0.05) is 30.3 Å². The lowest BCUT2D eigenvalue weighted by molar-refractivity contribution is 1.80. The molecule has 0 aliphatic heterocycles. The Morgan fingerprint density at radius 2 is 1.67 bits per heavy atom. The molecule has 0 radical (unpaired) electrons. The highest BCUT2D eigenvalue weighted by Crippen LogP contribution is 2.35. The average molecular weight is 266 g/mol. The predicted molar refractivity (Wildman–Crippen MR) is 82.6 cm³/mol. The van der Waals surface area contributed by atoms with E-state index in [0.29, 0.717) is 0 Å². The van der Waals surface area contributed by atoms with E-state index in [0.717, 1.165) is 0 Å². The molecule has 0 unspecified atom stereocenters. The minimum atomic E-state index is 1.33. The summed E-state index contributed by atoms with van der Waals surface area (Å²) in [6.45, 7) is 0. The number of fused-ring (bicyclic) bond motifs is 2. The van der Waals surface area contributed by atoms with E-state index in [1.54, 1.807) is 0 Å². The van der Waals surface area contributed by atoms with E-state index in [9.17, 15) is 0 Å². The Balaban J connectivity index is 1.94. The van der Waals surface area contributed by atoms with E-state index >= 15 is 0 Å². The molecule has 86 valence electrons. The van der Waals surface area contributed by atoms with Crippen LogP contribution in [0.25, 0.3) is 30.6 Å². The molecule has 0 aliphatic carbocycles. The molecule has 0 saturated heterocycles. The minimum absolute atomic E-state index is 1.33. The number of thiophene rings is 2. The zero-order valence-electron chi connectivity index (χ0n) is 9.59. The van der Waals surface area contributed by atoms with Gasteiger partial charge in [0.15, 0.2) is 0 Å². The first-order valence-electron chi connectivity index (χ1n) is 5.86. The van der Waals surface area contributed by atoms with Crippen LogP contribution in [-0.2, 0) is 0 Å². The Bertz CT molecular complexity index is 803. The second-order valence-corrected chi connectivity index (χ2v) is 6.35. The maximum Gasteiger partial charge on any atom is 0.0355 e. The molecule has 2 aromatic heterocycles. The molecule has 0 fully saturated rings. The summed E-state index contributed by atoms with van der Waals surface area (Å²) >= 11 is 3.67. The van der Waals surface area contributed by atoms with Crippen molar-refractivity contribution in [3.63, 3.8) is 0 Å². The fraction of sp³-hybridized carbons (Fsp3) is 0. The maximum atomic E-state index is 2.30. The van der Waals surface area contributed by atoms with Crippen molar-refractivity contribution in [2.75, 3.05) is 0 Å². The van der Waals surface area contributed by atoms with E-state index in [2.05, 4.69) is 60.0 Å². The van der Waals surface area contributed by atoms with Crippen LogP contribution in [-0.4, -0.2) is 0 Å². The summed E-state index contributed by atoms with van der Waals surface area (Å²) in [6, 6.07) is 19.8. The second kappa shape index (κ2) is 3.94. The highest BCUT2D eigenvalue weighted by atomic mass is 32.1. The van der Waals surface area contributed by atoms with Gasteiger partial charge in [-0.3, -0.25) is 0 Å². The third-order valence-corrected chi connectivity index (χ3v) is 5.21. The molecule has 0 bridgehead atoms. The largest absolute Gasteiger partial charge is 0.144 e. The lowest BCUT2D eigenvalue weighted by Crippen LogP contribution is -1.70. The zero-order valence-corrected chi connectivity index (χ0v) is 11.2. The van der Waals surface area contributed by atoms with Crippen LogP contribution in [0.1, 0.15) is 0 Å². The number of benzene rings is 2. The molecule has 2 heteroatoms. The molecule has 0 nitrogen and oxygen atoms in total. The molecule has 0 atom stereocenters. The molecular formula is C16H10S2. The molecular weight excluding hydrogens is 256 g/mol. The van der Waals surface area contributed by atoms with E-state index < -0.39 is 0 Å². The summed E-state index contributed by atoms with van der Waals surface area (Å²) in [5.41, 5.74) is 1.33. The third kappa shape index (κ3) is 1.57. The van der Waals surface area contributed by atoms with Crippen LogP contribution in [0.3, 0.4) is 0 Å². The van der Waals surface area contributed by atoms with Gasteiger partial charge < -0.3 is 0 Å². The van der Waals surface area contributed by atoms with Gasteiger partial charge in [0.05, 0.1) is 0 Å². The van der Waals surface area contributed by atoms with Crippen molar-refractivity contribution >= 4 is 42.8 Å². The Morgan fingerprint density at radius 1 is 0.722 bits per heavy atom. The van der Waals surface area contributed by atoms with Crippen molar-refractivity contribution in [2.45, 2.75) is 0 Å². The minimum Gasteiger partial charge on any atom is -0.144 e. The van der Waals surface area contributed by atoms with Crippen LogP contribution < -0.4 is 0 Å². The van der Waals surface area contributed by atoms with Crippen LogP contribution >= 0.6 is 22.7 Å². The first-order valence-corrected chi connectivity index (χ1v) is 7.56. The van der Waals surface area contributed by atoms with Crippen LogP contribution in [0.4, 0.5) is 0 Å². The van der Waals surface area contributed by atoms with Gasteiger partial charge in [-0.2, -0.15) is 0 Å². The summed E-state index contributed by atoms with van der Waals surface area (Å²) in [6.07, 6.45) is 0. The topological polar surface area (TPSA) is 0 Å². The van der Waals surface area contributed by atoms with Crippen LogP contribution in [0.5, 0.6) is 0 Å². The van der Waals surface area contributed by atoms with Crippen molar-refractivity contribution in [3.8, 4) is 10.4 Å². The van der Waals surface area contributed by atoms with E-state index in [1.807, 2.05) is 22.7 Å². The average Bonchev–Trinajstić information content (AvgIpc) is 3.04. The lowest BCUT2D eigenvalue weighted by atomic mass is 10.1. The van der Waals surface area contributed by atoms with Gasteiger partial charge in [-0.15, -0.1) is 22.7 Å². The summed E-state index contributed by atoms with van der Waals surface area (Å²) in [7, 11) is 0. The van der Waals surface area contributed by atoms with Gasteiger partial charge in [-0.05, 0) is 46.0 Å². The molecule has 0 amide bonds. The predicted octanol–water partition coefficient (Wildman–Crippen LogP) is 5.78. The van der Waals surface area contributed by atoms with E-state index in [4.69, 9.17) is 0 Å². The second-order valence-electron chi connectivity index (χ2n) is 4.32. The summed E-state index contributed by atoms with van der Waals surface area (Å²) in [4.78, 5) is 1.35. The normalized spacial score (nSPS) is 11.3. The van der Waals surface area contributed by atoms with Crippen molar-refractivity contribution in [2.24, 2.45) is 0 Å². The Labute approximate surface area is 113 Å². The van der Waals surface area contributed by atoms with Crippen LogP contribution in [0, 0.1) is 0 Å². The third-order valence-electron chi connectivity index (χ3n) is 3.17. The smallest absolute Gasteiger partial charge is 0.0355 e. The first kappa shape index (κ1) is 10.3. The van der Waals surface area contributed by atoms with Gasteiger partial charge >= 0.3 is 0 Å². The summed E-state index contributed by atoms with van der Waals surface area (Å²) < 4.78 is 2.73. The fourth-order valence-corrected chi connectivity index (χ4v) is 4.12. The van der Waals surface area contributed by atoms with E-state index in [-0.39, 0.29) is 0 Å². The molecule has 4 rings (SSSR count). The van der Waals surface area contributed by atoms with Gasteiger partial charge in [0, 0.05) is 14.3 Å². The Hall–Kier alpha value is -1.64. The van der Waals surface area contributed by atoms with Crippen molar-refractivity contribution in [1.82, 2.24) is 0 Å². The van der Waals surface area contributed by atoms with Gasteiger partial charge in [0.2, 0.25) is 0 Å².